The zero-order chi connectivity index (χ0) is 50.7. The second kappa shape index (κ2) is 23.0. The van der Waals surface area contributed by atoms with E-state index < -0.39 is 53.1 Å². The van der Waals surface area contributed by atoms with Gasteiger partial charge in [-0.05, 0) is 67.8 Å². The minimum absolute atomic E-state index is 0.00977. The number of halogens is 3. The van der Waals surface area contributed by atoms with Gasteiger partial charge in [0.25, 0.3) is 11.8 Å². The third-order valence-corrected chi connectivity index (χ3v) is 11.9. The Morgan fingerprint density at radius 2 is 1.58 bits per heavy atom. The number of imide groups is 2. The lowest BCUT2D eigenvalue weighted by atomic mass is 10.0. The molecular weight excluding hydrogens is 930 g/mol. The molecule has 71 heavy (non-hydrogen) atoms. The summed E-state index contributed by atoms with van der Waals surface area (Å²) < 4.78 is 47.6. The van der Waals surface area contributed by atoms with E-state index in [4.69, 9.17) is 4.74 Å². The van der Waals surface area contributed by atoms with E-state index in [-0.39, 0.29) is 66.2 Å². The largest absolute Gasteiger partial charge is 0.494 e. The molecule has 4 heterocycles. The van der Waals surface area contributed by atoms with Crippen LogP contribution in [0.25, 0.3) is 0 Å². The summed E-state index contributed by atoms with van der Waals surface area (Å²) in [6, 6.07) is 15.0. The molecule has 1 aromatic heterocycles. The van der Waals surface area contributed by atoms with Crippen molar-refractivity contribution in [3.8, 4) is 5.75 Å². The number of aromatic nitrogens is 2. The number of fused-ring (bicyclic) bond motifs is 1. The van der Waals surface area contributed by atoms with Gasteiger partial charge in [-0.3, -0.25) is 48.7 Å². The van der Waals surface area contributed by atoms with Crippen LogP contribution in [-0.2, 0) is 30.1 Å². The third-order valence-electron chi connectivity index (χ3n) is 11.9. The molecule has 374 valence electrons. The lowest BCUT2D eigenvalue weighted by Crippen LogP contribution is -2.54. The van der Waals surface area contributed by atoms with E-state index in [9.17, 15) is 46.7 Å². The zero-order valence-electron chi connectivity index (χ0n) is 38.7. The number of alkyl halides is 3. The summed E-state index contributed by atoms with van der Waals surface area (Å²) in [5.74, 6) is -3.56. The number of hydrogen-bond acceptors (Lipinski definition) is 15. The van der Waals surface area contributed by atoms with Crippen molar-refractivity contribution in [2.75, 3.05) is 85.6 Å². The molecule has 23 heteroatoms. The first-order valence-corrected chi connectivity index (χ1v) is 22.9. The van der Waals surface area contributed by atoms with Gasteiger partial charge in [-0.25, -0.2) is 4.98 Å². The van der Waals surface area contributed by atoms with Crippen molar-refractivity contribution in [1.29, 1.82) is 0 Å². The van der Waals surface area contributed by atoms with Crippen molar-refractivity contribution in [1.82, 2.24) is 35.7 Å². The number of unbranched alkanes of at least 4 members (excludes halogenated alkanes) is 3. The van der Waals surface area contributed by atoms with Crippen molar-refractivity contribution in [2.24, 2.45) is 0 Å². The number of benzene rings is 3. The number of piperidine rings is 1. The van der Waals surface area contributed by atoms with Gasteiger partial charge in [0, 0.05) is 80.7 Å². The smallest absolute Gasteiger partial charge is 0.421 e. The summed E-state index contributed by atoms with van der Waals surface area (Å²) in [6.45, 7) is 6.95. The Morgan fingerprint density at radius 1 is 0.859 bits per heavy atom. The molecular formula is C48H53F3N12O8. The first kappa shape index (κ1) is 50.8. The normalized spacial score (nSPS) is 15.9. The minimum Gasteiger partial charge on any atom is -0.494 e. The number of nitrogens with one attached hydrogen (secondary N) is 7. The number of ether oxygens (including phenoxy) is 1. The molecule has 3 aliphatic heterocycles. The maximum absolute atomic E-state index is 14.0. The first-order chi connectivity index (χ1) is 34.1. The average molecular weight is 983 g/mol. The lowest BCUT2D eigenvalue weighted by molar-refractivity contribution is -0.138. The highest BCUT2D eigenvalue weighted by molar-refractivity contribution is 6.25. The van der Waals surface area contributed by atoms with Crippen LogP contribution in [0.4, 0.5) is 53.4 Å². The molecule has 0 spiro atoms. The van der Waals surface area contributed by atoms with E-state index >= 15 is 0 Å². The number of nitrogens with zero attached hydrogens (tertiary/aromatic N) is 5. The molecule has 20 nitrogen and oxygen atoms in total. The maximum Gasteiger partial charge on any atom is 0.421 e. The standard InChI is InChI=1S/C48H53F3N12O8/c1-3-38(64)56-29-10-8-11-30(24-29)57-43-33(48(49,50)51)26-55-47(60-43)58-34-15-14-31(25-37(34)71-2)62-22-20-61(21-23-62)28-41(67)53-19-7-5-4-6-18-52-40(66)27-54-35-13-9-12-32-42(35)46(70)63(45(32)69)36-16-17-39(65)59-44(36)68/h3,8-15,24-26,36,54H,1,4-7,16-23,27-28H2,2H3,(H,52,66)(H,53,67)(H,56,64)(H,59,65,68)(H2,55,57,58,60). The van der Waals surface area contributed by atoms with Gasteiger partial charge in [-0.2, -0.15) is 18.2 Å². The fourth-order valence-electron chi connectivity index (χ4n) is 8.23. The topological polar surface area (TPSA) is 248 Å². The number of anilines is 7. The fraction of sp³-hybridized carbons (Fsp3) is 0.354. The zero-order valence-corrected chi connectivity index (χ0v) is 38.7. The molecule has 3 aromatic carbocycles. The highest BCUT2D eigenvalue weighted by Gasteiger charge is 2.45. The molecule has 1 atom stereocenters. The van der Waals surface area contributed by atoms with Gasteiger partial charge in [-0.15, -0.1) is 0 Å². The fourth-order valence-corrected chi connectivity index (χ4v) is 8.23. The molecule has 1 unspecified atom stereocenters. The number of methoxy groups -OCH3 is 1. The van der Waals surface area contributed by atoms with E-state index in [2.05, 4.69) is 63.6 Å². The predicted molar refractivity (Wildman–Crippen MR) is 257 cm³/mol. The van der Waals surface area contributed by atoms with Crippen molar-refractivity contribution >= 4 is 81.6 Å². The molecule has 3 aliphatic rings. The van der Waals surface area contributed by atoms with E-state index in [0.717, 1.165) is 35.9 Å². The molecule has 0 saturated carbocycles. The van der Waals surface area contributed by atoms with Crippen LogP contribution in [0.2, 0.25) is 0 Å². The van der Waals surface area contributed by atoms with Gasteiger partial charge in [0.2, 0.25) is 35.5 Å². The molecule has 2 fully saturated rings. The molecule has 2 saturated heterocycles. The summed E-state index contributed by atoms with van der Waals surface area (Å²) >= 11 is 0. The molecule has 0 radical (unpaired) electrons. The number of piperazine rings is 1. The van der Waals surface area contributed by atoms with Gasteiger partial charge >= 0.3 is 6.18 Å². The van der Waals surface area contributed by atoms with Crippen molar-refractivity contribution in [3.05, 3.63) is 96.2 Å². The van der Waals surface area contributed by atoms with E-state index in [0.29, 0.717) is 69.0 Å². The van der Waals surface area contributed by atoms with Gasteiger partial charge in [-0.1, -0.05) is 31.6 Å². The summed E-state index contributed by atoms with van der Waals surface area (Å²) in [7, 11) is 1.47. The summed E-state index contributed by atoms with van der Waals surface area (Å²) in [6.07, 6.45) is 0.174. The molecule has 0 aliphatic carbocycles. The van der Waals surface area contributed by atoms with E-state index in [1.165, 1.54) is 25.3 Å². The second-order valence-electron chi connectivity index (χ2n) is 16.8. The average Bonchev–Trinajstić information content (AvgIpc) is 3.60. The third kappa shape index (κ3) is 13.0. The van der Waals surface area contributed by atoms with Crippen LogP contribution >= 0.6 is 0 Å². The van der Waals surface area contributed by atoms with Crippen LogP contribution in [-0.4, -0.2) is 127 Å². The summed E-state index contributed by atoms with van der Waals surface area (Å²) in [5.41, 5.74) is 1.23. The van der Waals surface area contributed by atoms with Crippen molar-refractivity contribution in [3.63, 3.8) is 0 Å². The van der Waals surface area contributed by atoms with Crippen molar-refractivity contribution < 1.29 is 51.5 Å². The van der Waals surface area contributed by atoms with Crippen molar-refractivity contribution in [2.45, 2.75) is 50.7 Å². The lowest BCUT2D eigenvalue weighted by Gasteiger charge is -2.36. The summed E-state index contributed by atoms with van der Waals surface area (Å²) in [4.78, 5) is 101. The van der Waals surface area contributed by atoms with Crippen LogP contribution < -0.4 is 46.9 Å². The van der Waals surface area contributed by atoms with Crippen LogP contribution in [0.3, 0.4) is 0 Å². The number of carbonyl (C=O) groups excluding carboxylic acids is 7. The first-order valence-electron chi connectivity index (χ1n) is 22.9. The van der Waals surface area contributed by atoms with Gasteiger partial charge < -0.3 is 41.5 Å². The Bertz CT molecular complexity index is 2690. The van der Waals surface area contributed by atoms with E-state index in [1.807, 2.05) is 6.07 Å². The highest BCUT2D eigenvalue weighted by atomic mass is 19.4. The Balaban J connectivity index is 0.785. The van der Waals surface area contributed by atoms with Crippen LogP contribution in [0, 0.1) is 0 Å². The minimum atomic E-state index is -4.77. The van der Waals surface area contributed by atoms with Gasteiger partial charge in [0.15, 0.2) is 0 Å². The molecule has 4 aromatic rings. The monoisotopic (exact) mass is 982 g/mol. The Hall–Kier alpha value is -8.08. The molecule has 0 bridgehead atoms. The SMILES string of the molecule is C=CC(=O)Nc1cccc(Nc2nc(Nc3ccc(N4CCN(CC(=O)NCCCCCCNC(=O)CNc5cccc6c5C(=O)N(C5CCC(=O)NC5=O)C6=O)CC4)cc3OC)ncc2C(F)(F)F)c1. The maximum atomic E-state index is 14.0. The van der Waals surface area contributed by atoms with Crippen LogP contribution in [0.15, 0.2) is 79.5 Å². The Kier molecular flexibility index (Phi) is 16.5. The molecule has 7 amide bonds. The highest BCUT2D eigenvalue weighted by Crippen LogP contribution is 2.37. The number of amides is 7. The van der Waals surface area contributed by atoms with E-state index in [1.54, 1.807) is 36.4 Å². The Morgan fingerprint density at radius 3 is 2.28 bits per heavy atom. The molecule has 7 rings (SSSR count). The number of hydrogen-bond donors (Lipinski definition) is 7. The second-order valence-corrected chi connectivity index (χ2v) is 16.8. The quantitative estimate of drug-likeness (QED) is 0.0344. The number of rotatable bonds is 21. The molecule has 7 N–H and O–H groups in total. The predicted octanol–water partition coefficient (Wildman–Crippen LogP) is 4.54. The number of carbonyl (C=O) groups is 7. The van der Waals surface area contributed by atoms with Crippen LogP contribution in [0.1, 0.15) is 64.8 Å². The Labute approximate surface area is 406 Å². The van der Waals surface area contributed by atoms with Gasteiger partial charge in [0.1, 0.15) is 23.2 Å². The van der Waals surface area contributed by atoms with Gasteiger partial charge in [0.05, 0.1) is 37.0 Å². The van der Waals surface area contributed by atoms with Crippen LogP contribution in [0.5, 0.6) is 5.75 Å². The summed E-state index contributed by atoms with van der Waals surface area (Å²) in [5, 5.41) is 19.1.